The molecule has 15 heavy (non-hydrogen) atoms. The van der Waals surface area contributed by atoms with Gasteiger partial charge in [-0.2, -0.15) is 0 Å². The molecule has 0 unspecified atom stereocenters. The standard InChI is InChI=1S/C9H10.C6H12/c1-8(2)9-6-4-3-5-7-9;1-6-4-2-3-5-6/h3-7H,1H2,2H3;6H,2-5H2,1H3. The molecule has 0 heterocycles. The van der Waals surface area contributed by atoms with Gasteiger partial charge in [0.1, 0.15) is 0 Å². The van der Waals surface area contributed by atoms with E-state index in [1.807, 2.05) is 25.1 Å². The molecule has 1 saturated carbocycles. The van der Waals surface area contributed by atoms with Crippen LogP contribution in [0.3, 0.4) is 0 Å². The number of allylic oxidation sites excluding steroid dienone is 1. The van der Waals surface area contributed by atoms with Crippen LogP contribution in [0.4, 0.5) is 0 Å². The third-order valence-corrected chi connectivity index (χ3v) is 2.91. The Balaban J connectivity index is 0.000000162. The quantitative estimate of drug-likeness (QED) is 0.606. The largest absolute Gasteiger partial charge is 0.0955 e. The van der Waals surface area contributed by atoms with Gasteiger partial charge in [0.2, 0.25) is 0 Å². The predicted octanol–water partition coefficient (Wildman–Crippen LogP) is 4.92. The van der Waals surface area contributed by atoms with Crippen molar-refractivity contribution in [3.05, 3.63) is 42.5 Å². The van der Waals surface area contributed by atoms with Gasteiger partial charge in [0.15, 0.2) is 0 Å². The predicted molar refractivity (Wildman–Crippen MR) is 68.8 cm³/mol. The highest BCUT2D eigenvalue weighted by Crippen LogP contribution is 2.22. The topological polar surface area (TPSA) is 0 Å². The Morgan fingerprint density at radius 2 is 1.67 bits per heavy atom. The average molecular weight is 202 g/mol. The molecule has 0 radical (unpaired) electrons. The molecule has 0 atom stereocenters. The van der Waals surface area contributed by atoms with Gasteiger partial charge >= 0.3 is 0 Å². The van der Waals surface area contributed by atoms with Gasteiger partial charge < -0.3 is 0 Å². The maximum Gasteiger partial charge on any atom is -0.0233 e. The number of hydrogen-bond acceptors (Lipinski definition) is 0. The summed E-state index contributed by atoms with van der Waals surface area (Å²) >= 11 is 0. The molecule has 0 N–H and O–H groups in total. The van der Waals surface area contributed by atoms with E-state index in [2.05, 4.69) is 25.6 Å². The molecule has 1 aliphatic rings. The minimum Gasteiger partial charge on any atom is -0.0955 e. The van der Waals surface area contributed by atoms with E-state index in [0.29, 0.717) is 0 Å². The first kappa shape index (κ1) is 12.0. The maximum absolute atomic E-state index is 3.83. The van der Waals surface area contributed by atoms with E-state index in [-0.39, 0.29) is 0 Å². The third kappa shape index (κ3) is 4.83. The third-order valence-electron chi connectivity index (χ3n) is 2.91. The Morgan fingerprint density at radius 3 is 1.93 bits per heavy atom. The van der Waals surface area contributed by atoms with Gasteiger partial charge in [0.25, 0.3) is 0 Å². The molecule has 1 aromatic carbocycles. The molecule has 0 nitrogen and oxygen atoms in total. The summed E-state index contributed by atoms with van der Waals surface area (Å²) in [5, 5.41) is 0. The summed E-state index contributed by atoms with van der Waals surface area (Å²) in [6.07, 6.45) is 5.95. The maximum atomic E-state index is 3.83. The zero-order chi connectivity index (χ0) is 11.1. The average Bonchev–Trinajstić information content (AvgIpc) is 2.71. The van der Waals surface area contributed by atoms with E-state index in [1.165, 1.54) is 31.2 Å². The van der Waals surface area contributed by atoms with Gasteiger partial charge in [-0.3, -0.25) is 0 Å². The van der Waals surface area contributed by atoms with Crippen molar-refractivity contribution in [2.75, 3.05) is 0 Å². The van der Waals surface area contributed by atoms with E-state index >= 15 is 0 Å². The van der Waals surface area contributed by atoms with Gasteiger partial charge in [-0.25, -0.2) is 0 Å². The summed E-state index contributed by atoms with van der Waals surface area (Å²) in [7, 11) is 0. The zero-order valence-corrected chi connectivity index (χ0v) is 10.00. The lowest BCUT2D eigenvalue weighted by Gasteiger charge is -1.94. The first-order valence-corrected chi connectivity index (χ1v) is 5.91. The van der Waals surface area contributed by atoms with Crippen LogP contribution >= 0.6 is 0 Å². The van der Waals surface area contributed by atoms with E-state index in [1.54, 1.807) is 0 Å². The highest BCUT2D eigenvalue weighted by molar-refractivity contribution is 5.60. The molecule has 0 aliphatic heterocycles. The monoisotopic (exact) mass is 202 g/mol. The van der Waals surface area contributed by atoms with Crippen molar-refractivity contribution >= 4 is 5.57 Å². The molecular formula is C15H22. The fourth-order valence-corrected chi connectivity index (χ4v) is 1.85. The Kier molecular flexibility index (Phi) is 5.17. The number of hydrogen-bond donors (Lipinski definition) is 0. The molecular weight excluding hydrogens is 180 g/mol. The van der Waals surface area contributed by atoms with Crippen molar-refractivity contribution in [3.63, 3.8) is 0 Å². The molecule has 1 aliphatic carbocycles. The lowest BCUT2D eigenvalue weighted by molar-refractivity contribution is 0.612. The summed E-state index contributed by atoms with van der Waals surface area (Å²) in [4.78, 5) is 0. The molecule has 0 bridgehead atoms. The van der Waals surface area contributed by atoms with Crippen LogP contribution in [0.15, 0.2) is 36.9 Å². The van der Waals surface area contributed by atoms with Gasteiger partial charge in [-0.15, -0.1) is 0 Å². The van der Waals surface area contributed by atoms with Crippen LogP contribution in [-0.4, -0.2) is 0 Å². The molecule has 0 spiro atoms. The van der Waals surface area contributed by atoms with Crippen LogP contribution < -0.4 is 0 Å². The summed E-state index contributed by atoms with van der Waals surface area (Å²) in [6, 6.07) is 10.2. The van der Waals surface area contributed by atoms with Crippen molar-refractivity contribution in [3.8, 4) is 0 Å². The molecule has 0 amide bonds. The van der Waals surface area contributed by atoms with Crippen LogP contribution in [0.5, 0.6) is 0 Å². The first-order valence-electron chi connectivity index (χ1n) is 5.91. The fourth-order valence-electron chi connectivity index (χ4n) is 1.85. The van der Waals surface area contributed by atoms with Gasteiger partial charge in [-0.05, 0) is 18.4 Å². The Bertz CT molecular complexity index is 278. The van der Waals surface area contributed by atoms with Crippen LogP contribution in [0, 0.1) is 5.92 Å². The van der Waals surface area contributed by atoms with Crippen molar-refractivity contribution < 1.29 is 0 Å². The second-order valence-corrected chi connectivity index (χ2v) is 4.54. The second-order valence-electron chi connectivity index (χ2n) is 4.54. The highest BCUT2D eigenvalue weighted by atomic mass is 14.1. The molecule has 0 saturated heterocycles. The Hall–Kier alpha value is -1.04. The smallest absolute Gasteiger partial charge is 0.0233 e. The van der Waals surface area contributed by atoms with Crippen LogP contribution in [0.2, 0.25) is 0 Å². The summed E-state index contributed by atoms with van der Waals surface area (Å²) in [6.45, 7) is 8.17. The summed E-state index contributed by atoms with van der Waals surface area (Å²) in [5.41, 5.74) is 2.34. The zero-order valence-electron chi connectivity index (χ0n) is 10.00. The van der Waals surface area contributed by atoms with Crippen LogP contribution in [0.1, 0.15) is 45.1 Å². The van der Waals surface area contributed by atoms with Crippen LogP contribution in [0.25, 0.3) is 5.57 Å². The van der Waals surface area contributed by atoms with E-state index in [0.717, 1.165) is 11.5 Å². The fraction of sp³-hybridized carbons (Fsp3) is 0.467. The second kappa shape index (κ2) is 6.44. The highest BCUT2D eigenvalue weighted by Gasteiger charge is 2.07. The lowest BCUT2D eigenvalue weighted by atomic mass is 10.1. The number of rotatable bonds is 1. The van der Waals surface area contributed by atoms with E-state index in [9.17, 15) is 0 Å². The van der Waals surface area contributed by atoms with E-state index < -0.39 is 0 Å². The SMILES string of the molecule is C=C(C)c1ccccc1.CC1CCCC1. The Morgan fingerprint density at radius 1 is 1.13 bits per heavy atom. The van der Waals surface area contributed by atoms with Crippen molar-refractivity contribution in [1.29, 1.82) is 0 Å². The minimum absolute atomic E-state index is 1.05. The molecule has 2 rings (SSSR count). The first-order chi connectivity index (χ1) is 7.20. The molecule has 82 valence electrons. The van der Waals surface area contributed by atoms with Gasteiger partial charge in [0.05, 0.1) is 0 Å². The lowest BCUT2D eigenvalue weighted by Crippen LogP contribution is -1.78. The van der Waals surface area contributed by atoms with E-state index in [4.69, 9.17) is 0 Å². The normalized spacial score (nSPS) is 15.6. The van der Waals surface area contributed by atoms with Crippen LogP contribution in [-0.2, 0) is 0 Å². The minimum atomic E-state index is 1.05. The molecule has 1 aromatic rings. The summed E-state index contributed by atoms with van der Waals surface area (Å²) < 4.78 is 0. The molecule has 0 heteroatoms. The van der Waals surface area contributed by atoms with Gasteiger partial charge in [-0.1, -0.05) is 75.1 Å². The molecule has 0 aromatic heterocycles. The Labute approximate surface area is 94.0 Å². The van der Waals surface area contributed by atoms with Crippen molar-refractivity contribution in [2.45, 2.75) is 39.5 Å². The van der Waals surface area contributed by atoms with Gasteiger partial charge in [0, 0.05) is 0 Å². The summed E-state index contributed by atoms with van der Waals surface area (Å²) in [5.74, 6) is 1.05. The van der Waals surface area contributed by atoms with Crippen molar-refractivity contribution in [2.24, 2.45) is 5.92 Å². The van der Waals surface area contributed by atoms with Crippen molar-refractivity contribution in [1.82, 2.24) is 0 Å². The number of benzene rings is 1. The molecule has 1 fully saturated rings.